The Bertz CT molecular complexity index is 2180. The summed E-state index contributed by atoms with van der Waals surface area (Å²) in [6.07, 6.45) is 14.8. The van der Waals surface area contributed by atoms with Crippen LogP contribution in [0.15, 0.2) is 48.5 Å². The van der Waals surface area contributed by atoms with Crippen molar-refractivity contribution in [3.05, 3.63) is 111 Å². The van der Waals surface area contributed by atoms with Gasteiger partial charge in [0.05, 0.1) is 51.1 Å². The number of para-hydroxylation sites is 1. The van der Waals surface area contributed by atoms with Gasteiger partial charge in [0.2, 0.25) is 5.91 Å². The fraction of sp³-hybridized carbons (Fsp3) is 0.435. The normalized spacial score (nSPS) is 12.5. The van der Waals surface area contributed by atoms with Gasteiger partial charge < -0.3 is 20.1 Å². The van der Waals surface area contributed by atoms with Gasteiger partial charge in [-0.3, -0.25) is 29.7 Å². The molecule has 0 fully saturated rings. The number of amides is 1. The van der Waals surface area contributed by atoms with Gasteiger partial charge in [0.25, 0.3) is 0 Å². The topological polar surface area (TPSA) is 124 Å². The summed E-state index contributed by atoms with van der Waals surface area (Å²) < 4.78 is 12.5. The smallest absolute Gasteiger partial charge is 0.243 e. The minimum absolute atomic E-state index is 0.116. The van der Waals surface area contributed by atoms with Gasteiger partial charge in [-0.25, -0.2) is 0 Å². The van der Waals surface area contributed by atoms with E-state index in [1.807, 2.05) is 59.7 Å². The maximum absolute atomic E-state index is 12.7. The van der Waals surface area contributed by atoms with Crippen molar-refractivity contribution >= 4 is 28.6 Å². The van der Waals surface area contributed by atoms with Gasteiger partial charge in [0, 0.05) is 35.9 Å². The van der Waals surface area contributed by atoms with Crippen LogP contribution in [-0.4, -0.2) is 43.9 Å². The molecule has 10 nitrogen and oxygen atoms in total. The highest BCUT2D eigenvalue weighted by Gasteiger charge is 2.18. The number of unbranched alkanes of at least 4 members (excludes halogenated alkanes) is 5. The van der Waals surface area contributed by atoms with E-state index < -0.39 is 0 Å². The van der Waals surface area contributed by atoms with Crippen LogP contribution < -0.4 is 20.1 Å². The van der Waals surface area contributed by atoms with Crippen LogP contribution in [0.25, 0.3) is 17.0 Å². The summed E-state index contributed by atoms with van der Waals surface area (Å²) in [6.45, 7) is 13.8. The van der Waals surface area contributed by atoms with Gasteiger partial charge >= 0.3 is 0 Å². The lowest BCUT2D eigenvalue weighted by molar-refractivity contribution is -0.116. The summed E-state index contributed by atoms with van der Waals surface area (Å²) in [5.74, 6) is 0.995. The van der Waals surface area contributed by atoms with Gasteiger partial charge in [-0.05, 0) is 115 Å². The molecule has 1 aliphatic rings. The van der Waals surface area contributed by atoms with Crippen LogP contribution in [0.4, 0.5) is 5.69 Å². The van der Waals surface area contributed by atoms with E-state index in [0.29, 0.717) is 18.0 Å². The Morgan fingerprint density at radius 2 is 1.27 bits per heavy atom. The van der Waals surface area contributed by atoms with Crippen LogP contribution in [-0.2, 0) is 30.8 Å². The number of nitrogens with one attached hydrogen (secondary N) is 2. The van der Waals surface area contributed by atoms with Crippen molar-refractivity contribution in [1.82, 2.24) is 30.2 Å². The molecule has 3 heterocycles. The number of carbonyl (C=O) groups is 1. The number of fused-ring (bicyclic) bond motifs is 2. The number of aryl methyl sites for hydroxylation is 7. The Hall–Kier alpha value is -5.38. The van der Waals surface area contributed by atoms with E-state index in [9.17, 15) is 4.79 Å². The molecule has 0 aliphatic heterocycles. The molecule has 10 heteroatoms. The second-order valence-electron chi connectivity index (χ2n) is 14.9. The summed E-state index contributed by atoms with van der Waals surface area (Å²) in [5.41, 5.74) is 12.7. The van der Waals surface area contributed by atoms with E-state index in [4.69, 9.17) is 19.4 Å². The van der Waals surface area contributed by atoms with Crippen LogP contribution >= 0.6 is 0 Å². The van der Waals surface area contributed by atoms with E-state index in [1.54, 1.807) is 12.2 Å². The highest BCUT2D eigenvalue weighted by atomic mass is 16.5. The van der Waals surface area contributed by atoms with Crippen LogP contribution in [0.1, 0.15) is 114 Å². The molecule has 294 valence electrons. The molecule has 56 heavy (non-hydrogen) atoms. The van der Waals surface area contributed by atoms with Gasteiger partial charge in [0.1, 0.15) is 13.2 Å². The maximum Gasteiger partial charge on any atom is 0.243 e. The van der Waals surface area contributed by atoms with E-state index in [1.165, 1.54) is 54.4 Å². The Morgan fingerprint density at radius 1 is 0.661 bits per heavy atom. The molecule has 0 radical (unpaired) electrons. The molecule has 0 bridgehead atoms. The minimum Gasteiger partial charge on any atom is -0.483 e. The summed E-state index contributed by atoms with van der Waals surface area (Å²) >= 11 is 0. The molecular formula is C46H57N7O3. The van der Waals surface area contributed by atoms with Gasteiger partial charge in [0.15, 0.2) is 11.5 Å². The SMILES string of the molecule is Cc1nc(C)c(COc2ccc(/C=C/C(=O)NCCCCCCCCNc3c4c(nc5ccccc35)CCCC4)cc2OCc2nc(C)c(C)nc2C)nc1C. The molecule has 1 amide bonds. The van der Waals surface area contributed by atoms with Crippen LogP contribution in [0.5, 0.6) is 11.5 Å². The van der Waals surface area contributed by atoms with Crippen molar-refractivity contribution in [3.63, 3.8) is 0 Å². The van der Waals surface area contributed by atoms with Crippen LogP contribution in [0.2, 0.25) is 0 Å². The standard InChI is InChI=1S/C46H57N7O3/c1-30-32(3)51-41(34(5)49-30)28-55-43-23-21-36(27-44(43)56-29-42-35(6)50-31(2)33(4)52-42)22-24-45(54)47-25-15-9-7-8-10-16-26-48-46-37-17-11-13-19-39(37)53-40-20-14-12-18-38(40)46/h11,13,17,19,21-24,27H,7-10,12,14-16,18,20,25-26,28-29H2,1-6H3,(H,47,54)(H,48,53)/b24-22+. The summed E-state index contributed by atoms with van der Waals surface area (Å²) in [7, 11) is 0. The first-order chi connectivity index (χ1) is 27.2. The predicted molar refractivity (Wildman–Crippen MR) is 224 cm³/mol. The van der Waals surface area contributed by atoms with Crippen molar-refractivity contribution in [2.24, 2.45) is 0 Å². The number of hydrogen-bond acceptors (Lipinski definition) is 9. The first-order valence-electron chi connectivity index (χ1n) is 20.3. The third kappa shape index (κ3) is 10.7. The van der Waals surface area contributed by atoms with Crippen LogP contribution in [0, 0.1) is 41.5 Å². The zero-order chi connectivity index (χ0) is 39.4. The second kappa shape index (κ2) is 19.5. The maximum atomic E-state index is 12.7. The van der Waals surface area contributed by atoms with Crippen molar-refractivity contribution in [2.45, 2.75) is 119 Å². The second-order valence-corrected chi connectivity index (χ2v) is 14.9. The number of carbonyl (C=O) groups excluding carboxylic acids is 1. The first kappa shape index (κ1) is 40.3. The van der Waals surface area contributed by atoms with E-state index >= 15 is 0 Å². The average molecular weight is 756 g/mol. The van der Waals surface area contributed by atoms with Gasteiger partial charge in [-0.15, -0.1) is 0 Å². The van der Waals surface area contributed by atoms with E-state index in [0.717, 1.165) is 95.3 Å². The molecule has 2 aromatic carbocycles. The largest absolute Gasteiger partial charge is 0.483 e. The zero-order valence-corrected chi connectivity index (χ0v) is 34.1. The van der Waals surface area contributed by atoms with Gasteiger partial charge in [-0.2, -0.15) is 0 Å². The number of benzene rings is 2. The molecule has 0 saturated heterocycles. The van der Waals surface area contributed by atoms with Crippen molar-refractivity contribution in [1.29, 1.82) is 0 Å². The fourth-order valence-electron chi connectivity index (χ4n) is 7.14. The zero-order valence-electron chi connectivity index (χ0n) is 34.1. The predicted octanol–water partition coefficient (Wildman–Crippen LogP) is 9.28. The average Bonchev–Trinajstić information content (AvgIpc) is 3.19. The van der Waals surface area contributed by atoms with Crippen molar-refractivity contribution in [3.8, 4) is 11.5 Å². The number of pyridine rings is 1. The Balaban J connectivity index is 0.946. The number of rotatable bonds is 18. The van der Waals surface area contributed by atoms with Crippen LogP contribution in [0.3, 0.4) is 0 Å². The molecule has 1 aliphatic carbocycles. The number of hydrogen-bond donors (Lipinski definition) is 2. The third-order valence-corrected chi connectivity index (χ3v) is 10.7. The first-order valence-corrected chi connectivity index (χ1v) is 20.3. The lowest BCUT2D eigenvalue weighted by Gasteiger charge is -2.21. The molecule has 0 unspecified atom stereocenters. The van der Waals surface area contributed by atoms with Crippen molar-refractivity contribution in [2.75, 3.05) is 18.4 Å². The summed E-state index contributed by atoms with van der Waals surface area (Å²) in [6, 6.07) is 14.2. The monoisotopic (exact) mass is 755 g/mol. The van der Waals surface area contributed by atoms with Gasteiger partial charge in [-0.1, -0.05) is 49.9 Å². The molecule has 3 aromatic heterocycles. The molecule has 2 N–H and O–H groups in total. The Morgan fingerprint density at radius 3 is 1.98 bits per heavy atom. The highest BCUT2D eigenvalue weighted by Crippen LogP contribution is 2.34. The summed E-state index contributed by atoms with van der Waals surface area (Å²) in [4.78, 5) is 36.3. The van der Waals surface area contributed by atoms with E-state index in [-0.39, 0.29) is 19.1 Å². The highest BCUT2D eigenvalue weighted by molar-refractivity contribution is 5.93. The molecule has 0 spiro atoms. The molecule has 0 atom stereocenters. The molecular weight excluding hydrogens is 699 g/mol. The quantitative estimate of drug-likeness (QED) is 0.0665. The lowest BCUT2D eigenvalue weighted by atomic mass is 9.92. The molecule has 0 saturated carbocycles. The number of aromatic nitrogens is 5. The number of anilines is 1. The Kier molecular flexibility index (Phi) is 14.0. The fourth-order valence-corrected chi connectivity index (χ4v) is 7.14. The molecule has 6 rings (SSSR count). The summed E-state index contributed by atoms with van der Waals surface area (Å²) in [5, 5.41) is 8.07. The number of nitrogens with zero attached hydrogens (tertiary/aromatic N) is 5. The van der Waals surface area contributed by atoms with E-state index in [2.05, 4.69) is 49.9 Å². The molecule has 5 aromatic rings. The minimum atomic E-state index is -0.116. The van der Waals surface area contributed by atoms with Crippen molar-refractivity contribution < 1.29 is 14.3 Å². The Labute approximate surface area is 332 Å². The number of ether oxygens (including phenoxy) is 2. The third-order valence-electron chi connectivity index (χ3n) is 10.7. The lowest BCUT2D eigenvalue weighted by Crippen LogP contribution is -2.21.